The molecule has 22 heavy (non-hydrogen) atoms. The molecule has 0 bridgehead atoms. The van der Waals surface area contributed by atoms with Crippen molar-refractivity contribution in [3.8, 4) is 11.4 Å². The van der Waals surface area contributed by atoms with E-state index in [1.807, 2.05) is 22.9 Å². The molecule has 2 N–H and O–H groups in total. The molecule has 0 saturated heterocycles. The van der Waals surface area contributed by atoms with E-state index in [1.54, 1.807) is 11.3 Å². The quantitative estimate of drug-likeness (QED) is 0.805. The van der Waals surface area contributed by atoms with Crippen molar-refractivity contribution in [2.45, 2.75) is 19.0 Å². The van der Waals surface area contributed by atoms with Gasteiger partial charge < -0.3 is 15.2 Å². The number of benzene rings is 1. The van der Waals surface area contributed by atoms with Crippen molar-refractivity contribution in [1.29, 1.82) is 0 Å². The number of fused-ring (bicyclic) bond motifs is 1. The molecule has 0 radical (unpaired) electrons. The lowest BCUT2D eigenvalue weighted by Crippen LogP contribution is -2.42. The number of hydrogen-bond donors (Lipinski definition) is 1. The number of nitrogens with two attached hydrogens (primary N) is 1. The fourth-order valence-electron chi connectivity index (χ4n) is 2.86. The summed E-state index contributed by atoms with van der Waals surface area (Å²) in [6.45, 7) is 1.38. The van der Waals surface area contributed by atoms with Crippen molar-refractivity contribution < 1.29 is 4.52 Å². The van der Waals surface area contributed by atoms with E-state index < -0.39 is 0 Å². The Labute approximate surface area is 132 Å². The van der Waals surface area contributed by atoms with Gasteiger partial charge >= 0.3 is 0 Å². The first kappa shape index (κ1) is 13.5. The topological polar surface area (TPSA) is 68.2 Å². The van der Waals surface area contributed by atoms with Crippen LogP contribution in [-0.2, 0) is 13.0 Å². The molecule has 0 fully saturated rings. The number of para-hydroxylation sites is 1. The van der Waals surface area contributed by atoms with Crippen molar-refractivity contribution in [3.05, 3.63) is 52.5 Å². The highest BCUT2D eigenvalue weighted by Gasteiger charge is 2.23. The summed E-state index contributed by atoms with van der Waals surface area (Å²) in [6.07, 6.45) is 0.913. The summed E-state index contributed by atoms with van der Waals surface area (Å²) in [5, 5.41) is 8.08. The Morgan fingerprint density at radius 3 is 3.09 bits per heavy atom. The summed E-state index contributed by atoms with van der Waals surface area (Å²) < 4.78 is 5.40. The van der Waals surface area contributed by atoms with Crippen LogP contribution >= 0.6 is 11.3 Å². The van der Waals surface area contributed by atoms with Crippen molar-refractivity contribution in [1.82, 2.24) is 10.1 Å². The fourth-order valence-corrected chi connectivity index (χ4v) is 3.50. The smallest absolute Gasteiger partial charge is 0.246 e. The Morgan fingerprint density at radius 1 is 1.32 bits per heavy atom. The van der Waals surface area contributed by atoms with Gasteiger partial charge in [0.05, 0.1) is 6.54 Å². The minimum atomic E-state index is 0.133. The van der Waals surface area contributed by atoms with E-state index in [0.717, 1.165) is 18.5 Å². The second kappa shape index (κ2) is 5.55. The highest BCUT2D eigenvalue weighted by molar-refractivity contribution is 7.08. The third kappa shape index (κ3) is 2.51. The molecule has 112 valence electrons. The van der Waals surface area contributed by atoms with E-state index in [0.29, 0.717) is 18.3 Å². The van der Waals surface area contributed by atoms with Crippen LogP contribution in [0.3, 0.4) is 0 Å². The van der Waals surface area contributed by atoms with Gasteiger partial charge in [0, 0.05) is 29.2 Å². The van der Waals surface area contributed by atoms with Crippen molar-refractivity contribution in [2.75, 3.05) is 11.4 Å². The second-order valence-electron chi connectivity index (χ2n) is 5.50. The first-order valence-corrected chi connectivity index (χ1v) is 8.17. The summed E-state index contributed by atoms with van der Waals surface area (Å²) in [5.41, 5.74) is 9.65. The maximum absolute atomic E-state index is 6.17. The molecule has 5 nitrogen and oxygen atoms in total. The third-order valence-corrected chi connectivity index (χ3v) is 4.53. The molecule has 0 spiro atoms. The minimum absolute atomic E-state index is 0.133. The van der Waals surface area contributed by atoms with E-state index in [2.05, 4.69) is 33.2 Å². The Balaban J connectivity index is 1.59. The van der Waals surface area contributed by atoms with Crippen LogP contribution in [0.4, 0.5) is 5.69 Å². The van der Waals surface area contributed by atoms with Crippen LogP contribution in [0.25, 0.3) is 11.4 Å². The maximum atomic E-state index is 6.17. The highest BCUT2D eigenvalue weighted by atomic mass is 32.1. The lowest BCUT2D eigenvalue weighted by molar-refractivity contribution is 0.374. The summed E-state index contributed by atoms with van der Waals surface area (Å²) in [5.74, 6) is 1.26. The largest absolute Gasteiger partial charge is 0.360 e. The predicted molar refractivity (Wildman–Crippen MR) is 86.8 cm³/mol. The minimum Gasteiger partial charge on any atom is -0.360 e. The fraction of sp³-hybridized carbons (Fsp3) is 0.250. The van der Waals surface area contributed by atoms with Gasteiger partial charge in [-0.1, -0.05) is 23.4 Å². The monoisotopic (exact) mass is 312 g/mol. The molecule has 3 aromatic rings. The Hall–Kier alpha value is -2.18. The summed E-state index contributed by atoms with van der Waals surface area (Å²) in [6, 6.07) is 10.5. The Bertz CT molecular complexity index is 768. The Kier molecular flexibility index (Phi) is 3.40. The SMILES string of the molecule is NC1Cc2ccccc2N(Cc2nc(-c3ccsc3)no2)C1. The molecular weight excluding hydrogens is 296 g/mol. The molecule has 0 amide bonds. The zero-order valence-corrected chi connectivity index (χ0v) is 12.8. The lowest BCUT2D eigenvalue weighted by atomic mass is 9.98. The molecule has 1 aromatic carbocycles. The van der Waals surface area contributed by atoms with Crippen molar-refractivity contribution >= 4 is 17.0 Å². The van der Waals surface area contributed by atoms with E-state index in [1.165, 1.54) is 11.3 Å². The molecule has 2 aromatic heterocycles. The average molecular weight is 312 g/mol. The zero-order valence-electron chi connectivity index (χ0n) is 12.0. The van der Waals surface area contributed by atoms with Gasteiger partial charge in [-0.25, -0.2) is 0 Å². The van der Waals surface area contributed by atoms with Crippen LogP contribution in [0.5, 0.6) is 0 Å². The van der Waals surface area contributed by atoms with Gasteiger partial charge in [0.2, 0.25) is 11.7 Å². The molecule has 0 saturated carbocycles. The lowest BCUT2D eigenvalue weighted by Gasteiger charge is -2.33. The number of hydrogen-bond acceptors (Lipinski definition) is 6. The number of thiophene rings is 1. The summed E-state index contributed by atoms with van der Waals surface area (Å²) in [7, 11) is 0. The van der Waals surface area contributed by atoms with E-state index in [-0.39, 0.29) is 6.04 Å². The molecule has 6 heteroatoms. The first-order chi connectivity index (χ1) is 10.8. The first-order valence-electron chi connectivity index (χ1n) is 7.23. The van der Waals surface area contributed by atoms with Crippen LogP contribution in [-0.4, -0.2) is 22.7 Å². The van der Waals surface area contributed by atoms with E-state index >= 15 is 0 Å². The molecule has 1 unspecified atom stereocenters. The average Bonchev–Trinajstić information content (AvgIpc) is 3.17. The van der Waals surface area contributed by atoms with Crippen LogP contribution in [0, 0.1) is 0 Å². The van der Waals surface area contributed by atoms with Gasteiger partial charge in [-0.15, -0.1) is 0 Å². The molecule has 1 aliphatic heterocycles. The zero-order chi connectivity index (χ0) is 14.9. The van der Waals surface area contributed by atoms with Gasteiger partial charge in [0.15, 0.2) is 0 Å². The number of rotatable bonds is 3. The number of aromatic nitrogens is 2. The molecule has 0 aliphatic carbocycles. The Morgan fingerprint density at radius 2 is 2.23 bits per heavy atom. The molecule has 1 atom stereocenters. The number of nitrogens with zero attached hydrogens (tertiary/aromatic N) is 3. The normalized spacial score (nSPS) is 17.5. The standard InChI is InChI=1S/C16H16N4OS/c17-13-7-11-3-1-2-4-14(11)20(8-13)9-15-18-16(19-21-15)12-5-6-22-10-12/h1-6,10,13H,7-9,17H2. The van der Waals surface area contributed by atoms with E-state index in [9.17, 15) is 0 Å². The maximum Gasteiger partial charge on any atom is 0.246 e. The summed E-state index contributed by atoms with van der Waals surface area (Å²) >= 11 is 1.62. The molecule has 3 heterocycles. The summed E-state index contributed by atoms with van der Waals surface area (Å²) in [4.78, 5) is 6.71. The van der Waals surface area contributed by atoms with Crippen LogP contribution in [0.1, 0.15) is 11.5 Å². The molecular formula is C16H16N4OS. The van der Waals surface area contributed by atoms with Gasteiger partial charge in [0.1, 0.15) is 0 Å². The van der Waals surface area contributed by atoms with Gasteiger partial charge in [-0.2, -0.15) is 16.3 Å². The number of anilines is 1. The van der Waals surface area contributed by atoms with Crippen LogP contribution < -0.4 is 10.6 Å². The highest BCUT2D eigenvalue weighted by Crippen LogP contribution is 2.28. The predicted octanol–water partition coefficient (Wildman–Crippen LogP) is 2.69. The molecule has 4 rings (SSSR count). The van der Waals surface area contributed by atoms with Gasteiger partial charge in [-0.05, 0) is 29.5 Å². The van der Waals surface area contributed by atoms with Gasteiger partial charge in [0.25, 0.3) is 0 Å². The second-order valence-corrected chi connectivity index (χ2v) is 6.28. The van der Waals surface area contributed by atoms with Crippen molar-refractivity contribution in [2.24, 2.45) is 5.73 Å². The van der Waals surface area contributed by atoms with E-state index in [4.69, 9.17) is 10.3 Å². The van der Waals surface area contributed by atoms with Crippen molar-refractivity contribution in [3.63, 3.8) is 0 Å². The van der Waals surface area contributed by atoms with Crippen LogP contribution in [0.2, 0.25) is 0 Å². The third-order valence-electron chi connectivity index (χ3n) is 3.84. The van der Waals surface area contributed by atoms with Crippen LogP contribution in [0.15, 0.2) is 45.6 Å². The molecule has 1 aliphatic rings. The van der Waals surface area contributed by atoms with Gasteiger partial charge in [-0.3, -0.25) is 0 Å².